The average molecular weight is 273 g/mol. The van der Waals surface area contributed by atoms with Gasteiger partial charge in [-0.1, -0.05) is 6.07 Å². The molecule has 0 bridgehead atoms. The monoisotopic (exact) mass is 273 g/mol. The van der Waals surface area contributed by atoms with Gasteiger partial charge < -0.3 is 20.8 Å². The number of rotatable bonds is 4. The molecule has 0 spiro atoms. The second-order valence-corrected chi connectivity index (χ2v) is 4.23. The zero-order valence-electron chi connectivity index (χ0n) is 11.0. The first-order chi connectivity index (χ1) is 9.60. The number of amides is 2. The van der Waals surface area contributed by atoms with E-state index in [4.69, 9.17) is 10.2 Å². The van der Waals surface area contributed by atoms with Crippen molar-refractivity contribution in [2.24, 2.45) is 5.73 Å². The molecule has 6 heteroatoms. The topological polar surface area (TPSA) is 97.4 Å². The first-order valence-corrected chi connectivity index (χ1v) is 6.05. The van der Waals surface area contributed by atoms with Crippen LogP contribution in [0.15, 0.2) is 41.0 Å². The fourth-order valence-electron chi connectivity index (χ4n) is 1.66. The minimum absolute atomic E-state index is 0.125. The minimum atomic E-state index is -0.387. The number of hydrogen-bond donors (Lipinski definition) is 3. The van der Waals surface area contributed by atoms with Gasteiger partial charge in [-0.05, 0) is 36.8 Å². The Labute approximate surface area is 116 Å². The van der Waals surface area contributed by atoms with Crippen LogP contribution in [0.4, 0.5) is 11.4 Å². The number of anilines is 2. The van der Waals surface area contributed by atoms with Crippen LogP contribution in [0.3, 0.4) is 0 Å². The number of furan rings is 1. The van der Waals surface area contributed by atoms with E-state index >= 15 is 0 Å². The first-order valence-electron chi connectivity index (χ1n) is 6.05. The summed E-state index contributed by atoms with van der Waals surface area (Å²) in [5.41, 5.74) is 7.21. The SMILES string of the molecule is Cc1ccc(NC(=O)c2ccco2)c(NC(=O)CN)c1. The molecule has 0 saturated heterocycles. The maximum Gasteiger partial charge on any atom is 0.291 e. The minimum Gasteiger partial charge on any atom is -0.459 e. The lowest BCUT2D eigenvalue weighted by atomic mass is 10.2. The summed E-state index contributed by atoms with van der Waals surface area (Å²) < 4.78 is 5.01. The fraction of sp³-hybridized carbons (Fsp3) is 0.143. The number of carbonyl (C=O) groups excluding carboxylic acids is 2. The molecule has 0 unspecified atom stereocenters. The summed E-state index contributed by atoms with van der Waals surface area (Å²) in [5.74, 6) is -0.520. The summed E-state index contributed by atoms with van der Waals surface area (Å²) in [7, 11) is 0. The second kappa shape index (κ2) is 6.03. The van der Waals surface area contributed by atoms with E-state index in [-0.39, 0.29) is 24.1 Å². The largest absolute Gasteiger partial charge is 0.459 e. The third-order valence-electron chi connectivity index (χ3n) is 2.63. The van der Waals surface area contributed by atoms with Gasteiger partial charge in [0.25, 0.3) is 5.91 Å². The summed E-state index contributed by atoms with van der Waals surface area (Å²) in [6.07, 6.45) is 1.42. The van der Waals surface area contributed by atoms with E-state index in [1.807, 2.05) is 13.0 Å². The van der Waals surface area contributed by atoms with Crippen LogP contribution in [0.25, 0.3) is 0 Å². The van der Waals surface area contributed by atoms with Crippen molar-refractivity contribution in [3.8, 4) is 0 Å². The third-order valence-corrected chi connectivity index (χ3v) is 2.63. The highest BCUT2D eigenvalue weighted by atomic mass is 16.3. The Morgan fingerprint density at radius 1 is 1.20 bits per heavy atom. The van der Waals surface area contributed by atoms with E-state index in [0.717, 1.165) is 5.56 Å². The van der Waals surface area contributed by atoms with Crippen molar-refractivity contribution in [1.82, 2.24) is 0 Å². The molecule has 104 valence electrons. The zero-order chi connectivity index (χ0) is 14.5. The van der Waals surface area contributed by atoms with Gasteiger partial charge in [0.1, 0.15) is 0 Å². The Morgan fingerprint density at radius 3 is 2.65 bits per heavy atom. The van der Waals surface area contributed by atoms with E-state index in [2.05, 4.69) is 10.6 Å². The van der Waals surface area contributed by atoms with Crippen LogP contribution < -0.4 is 16.4 Å². The molecule has 2 aromatic rings. The average Bonchev–Trinajstić information content (AvgIpc) is 2.95. The molecular weight excluding hydrogens is 258 g/mol. The molecule has 1 aromatic carbocycles. The number of carbonyl (C=O) groups is 2. The van der Waals surface area contributed by atoms with E-state index in [0.29, 0.717) is 11.4 Å². The summed E-state index contributed by atoms with van der Waals surface area (Å²) >= 11 is 0. The Bertz CT molecular complexity index is 621. The van der Waals surface area contributed by atoms with Gasteiger partial charge in [-0.15, -0.1) is 0 Å². The quantitative estimate of drug-likeness (QED) is 0.790. The van der Waals surface area contributed by atoms with E-state index in [1.165, 1.54) is 6.26 Å². The van der Waals surface area contributed by atoms with Gasteiger partial charge in [-0.2, -0.15) is 0 Å². The standard InChI is InChI=1S/C14H15N3O3/c1-9-4-5-10(11(7-9)16-13(18)8-15)17-14(19)12-3-2-6-20-12/h2-7H,8,15H2,1H3,(H,16,18)(H,17,19). The number of hydrogen-bond acceptors (Lipinski definition) is 4. The molecule has 4 N–H and O–H groups in total. The van der Waals surface area contributed by atoms with Crippen molar-refractivity contribution in [1.29, 1.82) is 0 Å². The smallest absolute Gasteiger partial charge is 0.291 e. The molecule has 0 radical (unpaired) electrons. The van der Waals surface area contributed by atoms with Crippen molar-refractivity contribution in [3.05, 3.63) is 47.9 Å². The van der Waals surface area contributed by atoms with Crippen molar-refractivity contribution in [2.45, 2.75) is 6.92 Å². The van der Waals surface area contributed by atoms with Crippen LogP contribution in [0.2, 0.25) is 0 Å². The van der Waals surface area contributed by atoms with Crippen LogP contribution in [-0.2, 0) is 4.79 Å². The molecular formula is C14H15N3O3. The maximum absolute atomic E-state index is 11.9. The maximum atomic E-state index is 11.9. The van der Waals surface area contributed by atoms with Gasteiger partial charge in [0.05, 0.1) is 24.2 Å². The van der Waals surface area contributed by atoms with Crippen LogP contribution in [-0.4, -0.2) is 18.4 Å². The first kappa shape index (κ1) is 13.8. The summed E-state index contributed by atoms with van der Waals surface area (Å²) in [6.45, 7) is 1.76. The molecule has 0 aliphatic carbocycles. The molecule has 0 fully saturated rings. The van der Waals surface area contributed by atoms with Gasteiger partial charge in [0, 0.05) is 0 Å². The van der Waals surface area contributed by atoms with Crippen molar-refractivity contribution < 1.29 is 14.0 Å². The van der Waals surface area contributed by atoms with Gasteiger partial charge >= 0.3 is 0 Å². The lowest BCUT2D eigenvalue weighted by Gasteiger charge is -2.12. The molecule has 0 atom stereocenters. The van der Waals surface area contributed by atoms with Crippen LogP contribution in [0, 0.1) is 6.92 Å². The summed E-state index contributed by atoms with van der Waals surface area (Å²) in [5, 5.41) is 5.32. The normalized spacial score (nSPS) is 10.1. The van der Waals surface area contributed by atoms with Gasteiger partial charge in [-0.25, -0.2) is 0 Å². The Hall–Kier alpha value is -2.60. The fourth-order valence-corrected chi connectivity index (χ4v) is 1.66. The molecule has 20 heavy (non-hydrogen) atoms. The van der Waals surface area contributed by atoms with Crippen molar-refractivity contribution >= 4 is 23.2 Å². The molecule has 1 aromatic heterocycles. The molecule has 0 saturated carbocycles. The molecule has 2 rings (SSSR count). The van der Waals surface area contributed by atoms with Gasteiger partial charge in [-0.3, -0.25) is 9.59 Å². The summed E-state index contributed by atoms with van der Waals surface area (Å²) in [6, 6.07) is 8.48. The van der Waals surface area contributed by atoms with Gasteiger partial charge in [0.2, 0.25) is 5.91 Å². The number of benzene rings is 1. The molecule has 0 aliphatic heterocycles. The zero-order valence-corrected chi connectivity index (χ0v) is 11.0. The van der Waals surface area contributed by atoms with E-state index in [1.54, 1.807) is 24.3 Å². The Morgan fingerprint density at radius 2 is 2.00 bits per heavy atom. The second-order valence-electron chi connectivity index (χ2n) is 4.23. The van der Waals surface area contributed by atoms with Crippen LogP contribution in [0.1, 0.15) is 16.1 Å². The Kier molecular flexibility index (Phi) is 4.17. The molecule has 0 aliphatic rings. The van der Waals surface area contributed by atoms with Crippen molar-refractivity contribution in [3.63, 3.8) is 0 Å². The predicted molar refractivity (Wildman–Crippen MR) is 75.5 cm³/mol. The highest BCUT2D eigenvalue weighted by molar-refractivity contribution is 6.06. The predicted octanol–water partition coefficient (Wildman–Crippen LogP) is 1.74. The van der Waals surface area contributed by atoms with E-state index in [9.17, 15) is 9.59 Å². The lowest BCUT2D eigenvalue weighted by Crippen LogP contribution is -2.23. The third kappa shape index (κ3) is 3.24. The Balaban J connectivity index is 2.22. The number of nitrogens with one attached hydrogen (secondary N) is 2. The highest BCUT2D eigenvalue weighted by Crippen LogP contribution is 2.23. The van der Waals surface area contributed by atoms with Crippen molar-refractivity contribution in [2.75, 3.05) is 17.2 Å². The highest BCUT2D eigenvalue weighted by Gasteiger charge is 2.12. The lowest BCUT2D eigenvalue weighted by molar-refractivity contribution is -0.114. The van der Waals surface area contributed by atoms with Crippen LogP contribution in [0.5, 0.6) is 0 Å². The molecule has 1 heterocycles. The van der Waals surface area contributed by atoms with E-state index < -0.39 is 0 Å². The number of nitrogens with two attached hydrogens (primary N) is 1. The van der Waals surface area contributed by atoms with Crippen LogP contribution >= 0.6 is 0 Å². The molecule has 2 amide bonds. The summed E-state index contributed by atoms with van der Waals surface area (Å²) in [4.78, 5) is 23.3. The number of aryl methyl sites for hydroxylation is 1. The molecule has 6 nitrogen and oxygen atoms in total. The van der Waals surface area contributed by atoms with Gasteiger partial charge in [0.15, 0.2) is 5.76 Å².